The van der Waals surface area contributed by atoms with Gasteiger partial charge in [0.15, 0.2) is 0 Å². The fourth-order valence-electron chi connectivity index (χ4n) is 1.87. The molecule has 0 heterocycles. The molecule has 1 fully saturated rings. The molecular formula is C11H22N2O. The average molecular weight is 198 g/mol. The Kier molecular flexibility index (Phi) is 3.78. The molecule has 0 spiro atoms. The Morgan fingerprint density at radius 2 is 2.07 bits per heavy atom. The Bertz CT molecular complexity index is 194. The van der Waals surface area contributed by atoms with Gasteiger partial charge in [-0.15, -0.1) is 0 Å². The SMILES string of the molecule is CCN(C)C(=O)NCC1(CC)CCC1. The van der Waals surface area contributed by atoms with Gasteiger partial charge >= 0.3 is 6.03 Å². The lowest BCUT2D eigenvalue weighted by molar-refractivity contribution is 0.122. The summed E-state index contributed by atoms with van der Waals surface area (Å²) in [6.45, 7) is 5.82. The first-order chi connectivity index (χ1) is 6.63. The standard InChI is InChI=1S/C11H22N2O/c1-4-11(7-6-8-11)9-12-10(14)13(3)5-2/h4-9H2,1-3H3,(H,12,14). The Balaban J connectivity index is 2.28. The summed E-state index contributed by atoms with van der Waals surface area (Å²) in [6, 6.07) is 0.0622. The Morgan fingerprint density at radius 3 is 2.43 bits per heavy atom. The fraction of sp³-hybridized carbons (Fsp3) is 0.909. The highest BCUT2D eigenvalue weighted by atomic mass is 16.2. The van der Waals surface area contributed by atoms with Gasteiger partial charge in [0.1, 0.15) is 0 Å². The first-order valence-electron chi connectivity index (χ1n) is 5.62. The molecular weight excluding hydrogens is 176 g/mol. The number of amides is 2. The van der Waals surface area contributed by atoms with E-state index in [1.807, 2.05) is 14.0 Å². The second kappa shape index (κ2) is 4.67. The van der Waals surface area contributed by atoms with Crippen LogP contribution in [0.15, 0.2) is 0 Å². The number of carbonyl (C=O) groups excluding carboxylic acids is 1. The van der Waals surface area contributed by atoms with E-state index in [1.54, 1.807) is 4.90 Å². The maximum absolute atomic E-state index is 11.5. The minimum atomic E-state index is 0.0622. The largest absolute Gasteiger partial charge is 0.337 e. The molecule has 0 radical (unpaired) electrons. The zero-order chi connectivity index (χ0) is 10.6. The van der Waals surface area contributed by atoms with Gasteiger partial charge < -0.3 is 10.2 Å². The monoisotopic (exact) mass is 198 g/mol. The van der Waals surface area contributed by atoms with Crippen LogP contribution in [0, 0.1) is 5.41 Å². The van der Waals surface area contributed by atoms with Crippen LogP contribution in [0.2, 0.25) is 0 Å². The van der Waals surface area contributed by atoms with Crippen LogP contribution in [-0.2, 0) is 0 Å². The molecule has 0 atom stereocenters. The van der Waals surface area contributed by atoms with Crippen molar-refractivity contribution in [3.05, 3.63) is 0 Å². The molecule has 0 saturated heterocycles. The second-order valence-electron chi connectivity index (χ2n) is 4.38. The summed E-state index contributed by atoms with van der Waals surface area (Å²) in [5.74, 6) is 0. The van der Waals surface area contributed by atoms with Crippen molar-refractivity contribution in [3.63, 3.8) is 0 Å². The van der Waals surface area contributed by atoms with E-state index in [4.69, 9.17) is 0 Å². The van der Waals surface area contributed by atoms with Gasteiger partial charge in [0, 0.05) is 20.1 Å². The topological polar surface area (TPSA) is 32.3 Å². The lowest BCUT2D eigenvalue weighted by atomic mass is 9.67. The predicted octanol–water partition coefficient (Wildman–Crippen LogP) is 2.23. The molecule has 1 N–H and O–H groups in total. The smallest absolute Gasteiger partial charge is 0.317 e. The summed E-state index contributed by atoms with van der Waals surface area (Å²) in [4.78, 5) is 13.2. The predicted molar refractivity (Wildman–Crippen MR) is 58.3 cm³/mol. The maximum atomic E-state index is 11.5. The molecule has 1 saturated carbocycles. The number of urea groups is 1. The molecule has 0 aromatic carbocycles. The van der Waals surface area contributed by atoms with Crippen LogP contribution in [-0.4, -0.2) is 31.1 Å². The Morgan fingerprint density at radius 1 is 1.43 bits per heavy atom. The molecule has 0 bridgehead atoms. The van der Waals surface area contributed by atoms with Gasteiger partial charge in [0.25, 0.3) is 0 Å². The van der Waals surface area contributed by atoms with E-state index in [9.17, 15) is 4.79 Å². The van der Waals surface area contributed by atoms with E-state index in [2.05, 4.69) is 12.2 Å². The quantitative estimate of drug-likeness (QED) is 0.738. The van der Waals surface area contributed by atoms with Crippen molar-refractivity contribution in [1.82, 2.24) is 10.2 Å². The fourth-order valence-corrected chi connectivity index (χ4v) is 1.87. The highest BCUT2D eigenvalue weighted by Crippen LogP contribution is 2.42. The van der Waals surface area contributed by atoms with E-state index in [-0.39, 0.29) is 6.03 Å². The summed E-state index contributed by atoms with van der Waals surface area (Å²) in [5.41, 5.74) is 0.421. The van der Waals surface area contributed by atoms with Crippen molar-refractivity contribution in [2.75, 3.05) is 20.1 Å². The van der Waals surface area contributed by atoms with Crippen LogP contribution in [0.3, 0.4) is 0 Å². The molecule has 14 heavy (non-hydrogen) atoms. The minimum Gasteiger partial charge on any atom is -0.337 e. The lowest BCUT2D eigenvalue weighted by Gasteiger charge is -2.41. The van der Waals surface area contributed by atoms with Gasteiger partial charge in [-0.25, -0.2) is 4.79 Å². The van der Waals surface area contributed by atoms with Gasteiger partial charge in [0.2, 0.25) is 0 Å². The van der Waals surface area contributed by atoms with Crippen molar-refractivity contribution in [3.8, 4) is 0 Å². The molecule has 2 amide bonds. The zero-order valence-corrected chi connectivity index (χ0v) is 9.60. The number of nitrogens with one attached hydrogen (secondary N) is 1. The Hall–Kier alpha value is -0.730. The second-order valence-corrected chi connectivity index (χ2v) is 4.38. The average Bonchev–Trinajstić information content (AvgIpc) is 2.15. The minimum absolute atomic E-state index is 0.0622. The van der Waals surface area contributed by atoms with Crippen LogP contribution in [0.5, 0.6) is 0 Å². The molecule has 1 aliphatic rings. The van der Waals surface area contributed by atoms with Gasteiger partial charge in [-0.3, -0.25) is 0 Å². The molecule has 0 aromatic heterocycles. The van der Waals surface area contributed by atoms with E-state index < -0.39 is 0 Å². The maximum Gasteiger partial charge on any atom is 0.317 e. The normalized spacial score (nSPS) is 18.5. The number of nitrogens with zero attached hydrogens (tertiary/aromatic N) is 1. The van der Waals surface area contributed by atoms with Crippen molar-refractivity contribution in [2.45, 2.75) is 39.5 Å². The zero-order valence-electron chi connectivity index (χ0n) is 9.60. The van der Waals surface area contributed by atoms with Crippen LogP contribution >= 0.6 is 0 Å². The molecule has 1 aliphatic carbocycles. The van der Waals surface area contributed by atoms with E-state index >= 15 is 0 Å². The van der Waals surface area contributed by atoms with Gasteiger partial charge in [-0.05, 0) is 31.6 Å². The number of hydrogen-bond donors (Lipinski definition) is 1. The van der Waals surface area contributed by atoms with E-state index in [1.165, 1.54) is 25.7 Å². The highest BCUT2D eigenvalue weighted by molar-refractivity contribution is 5.73. The highest BCUT2D eigenvalue weighted by Gasteiger charge is 2.35. The van der Waals surface area contributed by atoms with Crippen molar-refractivity contribution in [1.29, 1.82) is 0 Å². The third-order valence-electron chi connectivity index (χ3n) is 3.60. The van der Waals surface area contributed by atoms with Gasteiger partial charge in [0.05, 0.1) is 0 Å². The summed E-state index contributed by atoms with van der Waals surface area (Å²) in [5, 5.41) is 3.01. The Labute approximate surface area is 86.9 Å². The third kappa shape index (κ3) is 2.40. The van der Waals surface area contributed by atoms with Crippen LogP contribution in [0.25, 0.3) is 0 Å². The van der Waals surface area contributed by atoms with E-state index in [0.717, 1.165) is 13.1 Å². The molecule has 82 valence electrons. The number of rotatable bonds is 4. The molecule has 0 aromatic rings. The van der Waals surface area contributed by atoms with Gasteiger partial charge in [-0.1, -0.05) is 13.3 Å². The molecule has 0 aliphatic heterocycles. The van der Waals surface area contributed by atoms with Gasteiger partial charge in [-0.2, -0.15) is 0 Å². The first-order valence-corrected chi connectivity index (χ1v) is 5.62. The lowest BCUT2D eigenvalue weighted by Crippen LogP contribution is -2.45. The van der Waals surface area contributed by atoms with Crippen molar-refractivity contribution >= 4 is 6.03 Å². The summed E-state index contributed by atoms with van der Waals surface area (Å²) < 4.78 is 0. The molecule has 3 heteroatoms. The summed E-state index contributed by atoms with van der Waals surface area (Å²) in [7, 11) is 1.83. The summed E-state index contributed by atoms with van der Waals surface area (Å²) in [6.07, 6.45) is 5.07. The third-order valence-corrected chi connectivity index (χ3v) is 3.60. The van der Waals surface area contributed by atoms with E-state index in [0.29, 0.717) is 5.41 Å². The van der Waals surface area contributed by atoms with Crippen LogP contribution in [0.1, 0.15) is 39.5 Å². The van der Waals surface area contributed by atoms with Crippen molar-refractivity contribution in [2.24, 2.45) is 5.41 Å². The van der Waals surface area contributed by atoms with Crippen LogP contribution in [0.4, 0.5) is 4.79 Å². The molecule has 3 nitrogen and oxygen atoms in total. The molecule has 0 unspecified atom stereocenters. The van der Waals surface area contributed by atoms with Crippen molar-refractivity contribution < 1.29 is 4.79 Å². The first kappa shape index (κ1) is 11.3. The van der Waals surface area contributed by atoms with Crippen LogP contribution < -0.4 is 5.32 Å². The summed E-state index contributed by atoms with van der Waals surface area (Å²) >= 11 is 0. The number of hydrogen-bond acceptors (Lipinski definition) is 1. The molecule has 1 rings (SSSR count). The number of carbonyl (C=O) groups is 1.